The van der Waals surface area contributed by atoms with Gasteiger partial charge in [-0.1, -0.05) is 23.2 Å². The molecule has 42 heavy (non-hydrogen) atoms. The zero-order chi connectivity index (χ0) is 29.3. The van der Waals surface area contributed by atoms with Gasteiger partial charge >= 0.3 is 0 Å². The van der Waals surface area contributed by atoms with Crippen molar-refractivity contribution in [2.45, 2.75) is 0 Å². The Morgan fingerprint density at radius 2 is 0.929 bits per heavy atom. The zero-order valence-corrected chi connectivity index (χ0v) is 24.7. The number of aromatic hydroxyl groups is 2. The summed E-state index contributed by atoms with van der Waals surface area (Å²) in [5, 5.41) is 24.4. The first-order valence-corrected chi connectivity index (χ1v) is 14.6. The van der Waals surface area contributed by atoms with E-state index < -0.39 is 0 Å². The van der Waals surface area contributed by atoms with Gasteiger partial charge in [0, 0.05) is 49.3 Å². The van der Waals surface area contributed by atoms with Crippen LogP contribution in [-0.4, -0.2) is 99.2 Å². The number of phenolic OH excluding ortho intramolecular Hbond substituents is 2. The van der Waals surface area contributed by atoms with Crippen LogP contribution in [0, 0.1) is 0 Å². The van der Waals surface area contributed by atoms with Crippen molar-refractivity contribution in [3.63, 3.8) is 0 Å². The fraction of sp³-hybridized carbons (Fsp3) is 0.400. The van der Waals surface area contributed by atoms with Gasteiger partial charge in [-0.2, -0.15) is 0 Å². The highest BCUT2D eigenvalue weighted by molar-refractivity contribution is 6.36. The van der Waals surface area contributed by atoms with Crippen molar-refractivity contribution >= 4 is 56.4 Å². The molecule has 1 fully saturated rings. The Kier molecular flexibility index (Phi) is 10.7. The molecule has 2 aromatic heterocycles. The second kappa shape index (κ2) is 14.9. The topological polar surface area (TPSA) is 110 Å². The summed E-state index contributed by atoms with van der Waals surface area (Å²) in [6, 6.07) is 10.7. The maximum Gasteiger partial charge on any atom is 0.165 e. The van der Waals surface area contributed by atoms with E-state index in [4.69, 9.17) is 42.1 Å². The van der Waals surface area contributed by atoms with Crippen LogP contribution in [0.25, 0.3) is 21.8 Å². The fourth-order valence-electron chi connectivity index (χ4n) is 4.88. The minimum Gasteiger partial charge on any atom is -0.504 e. The van der Waals surface area contributed by atoms with Crippen LogP contribution in [0.2, 0.25) is 10.0 Å². The predicted octanol–water partition coefficient (Wildman–Crippen LogP) is 4.89. The van der Waals surface area contributed by atoms with Gasteiger partial charge in [0.25, 0.3) is 0 Å². The molecule has 0 atom stereocenters. The summed E-state index contributed by atoms with van der Waals surface area (Å²) >= 11 is 13.1. The van der Waals surface area contributed by atoms with Crippen molar-refractivity contribution < 1.29 is 29.2 Å². The number of nitrogens with zero attached hydrogens (tertiary/aromatic N) is 4. The third-order valence-corrected chi connectivity index (χ3v) is 7.66. The Balaban J connectivity index is 1.23. The average Bonchev–Trinajstić information content (AvgIpc) is 3.01. The van der Waals surface area contributed by atoms with Crippen LogP contribution in [-0.2, 0) is 18.9 Å². The molecule has 0 spiro atoms. The van der Waals surface area contributed by atoms with Gasteiger partial charge in [0.2, 0.25) is 0 Å². The standard InChI is InChI=1S/C30H34Cl2N4O6/c31-23-19-25(29(37)27-21(23)3-1-5-33-27)35-7-11-39-15-17-41-13-9-36(10-14-42-18-16-40-12-8-35)26-20-24(32)22-4-2-6-34-28(22)30(26)38/h1-6,19-20,37-38H,7-18H2. The molecule has 1 aliphatic rings. The minimum absolute atomic E-state index is 0.0721. The summed E-state index contributed by atoms with van der Waals surface area (Å²) in [5.41, 5.74) is 2.06. The third kappa shape index (κ3) is 7.26. The second-order valence-corrected chi connectivity index (χ2v) is 10.5. The summed E-state index contributed by atoms with van der Waals surface area (Å²) in [6.07, 6.45) is 3.26. The maximum absolute atomic E-state index is 11.0. The Bertz CT molecular complexity index is 1360. The van der Waals surface area contributed by atoms with Crippen molar-refractivity contribution in [3.8, 4) is 11.5 Å². The highest BCUT2D eigenvalue weighted by Gasteiger charge is 2.19. The zero-order valence-electron chi connectivity index (χ0n) is 23.2. The maximum atomic E-state index is 11.0. The second-order valence-electron chi connectivity index (χ2n) is 9.67. The van der Waals surface area contributed by atoms with E-state index in [0.29, 0.717) is 122 Å². The molecule has 0 amide bonds. The van der Waals surface area contributed by atoms with Gasteiger partial charge in [0.15, 0.2) is 11.5 Å². The van der Waals surface area contributed by atoms with Gasteiger partial charge in [-0.15, -0.1) is 0 Å². The molecule has 2 N–H and O–H groups in total. The number of ether oxygens (including phenoxy) is 4. The average molecular weight is 618 g/mol. The number of halogens is 2. The summed E-state index contributed by atoms with van der Waals surface area (Å²) in [4.78, 5) is 12.6. The van der Waals surface area contributed by atoms with E-state index >= 15 is 0 Å². The van der Waals surface area contributed by atoms with Crippen molar-refractivity contribution in [1.82, 2.24) is 9.97 Å². The van der Waals surface area contributed by atoms with Gasteiger partial charge in [-0.3, -0.25) is 9.97 Å². The largest absolute Gasteiger partial charge is 0.504 e. The van der Waals surface area contributed by atoms with Crippen LogP contribution in [0.15, 0.2) is 48.8 Å². The van der Waals surface area contributed by atoms with Crippen LogP contribution in [0.3, 0.4) is 0 Å². The van der Waals surface area contributed by atoms with Crippen LogP contribution in [0.1, 0.15) is 0 Å². The summed E-state index contributed by atoms with van der Waals surface area (Å²) in [7, 11) is 0. The Morgan fingerprint density at radius 1 is 0.571 bits per heavy atom. The number of aromatic nitrogens is 2. The molecular weight excluding hydrogens is 583 g/mol. The van der Waals surface area contributed by atoms with E-state index in [9.17, 15) is 10.2 Å². The van der Waals surface area contributed by atoms with Crippen LogP contribution < -0.4 is 9.80 Å². The van der Waals surface area contributed by atoms with E-state index in [1.54, 1.807) is 36.7 Å². The lowest BCUT2D eigenvalue weighted by Crippen LogP contribution is -2.33. The molecule has 5 rings (SSSR count). The molecule has 1 saturated heterocycles. The normalized spacial score (nSPS) is 17.3. The molecule has 3 heterocycles. The summed E-state index contributed by atoms with van der Waals surface area (Å²) in [5.74, 6) is 0.144. The first kappa shape index (κ1) is 30.3. The van der Waals surface area contributed by atoms with E-state index in [1.807, 2.05) is 21.9 Å². The highest BCUT2D eigenvalue weighted by Crippen LogP contribution is 2.39. The fourth-order valence-corrected chi connectivity index (χ4v) is 5.39. The molecule has 224 valence electrons. The molecule has 1 aliphatic heterocycles. The smallest absolute Gasteiger partial charge is 0.165 e. The molecule has 2 aromatic carbocycles. The van der Waals surface area contributed by atoms with E-state index in [1.165, 1.54) is 0 Å². The minimum atomic E-state index is 0.0721. The Labute approximate surface area is 254 Å². The van der Waals surface area contributed by atoms with Gasteiger partial charge in [-0.25, -0.2) is 0 Å². The highest BCUT2D eigenvalue weighted by atomic mass is 35.5. The van der Waals surface area contributed by atoms with E-state index in [-0.39, 0.29) is 11.5 Å². The number of hydrogen-bond donors (Lipinski definition) is 2. The quantitative estimate of drug-likeness (QED) is 0.323. The molecule has 0 unspecified atom stereocenters. The molecule has 10 nitrogen and oxygen atoms in total. The molecule has 4 aromatic rings. The van der Waals surface area contributed by atoms with Gasteiger partial charge in [-0.05, 0) is 36.4 Å². The van der Waals surface area contributed by atoms with Crippen molar-refractivity contribution in [3.05, 3.63) is 58.8 Å². The Hall–Kier alpha value is -3.12. The SMILES string of the molecule is Oc1c(N2CCOCCOCCN(c3cc(Cl)c4cccnc4c3O)CCOCCOCC2)cc(Cl)c2cccnc12. The van der Waals surface area contributed by atoms with Crippen LogP contribution in [0.5, 0.6) is 11.5 Å². The lowest BCUT2D eigenvalue weighted by atomic mass is 10.1. The molecular formula is C30H34Cl2N4O6. The van der Waals surface area contributed by atoms with Crippen LogP contribution >= 0.6 is 23.2 Å². The number of benzene rings is 2. The predicted molar refractivity (Wildman–Crippen MR) is 165 cm³/mol. The molecule has 12 heteroatoms. The molecule has 0 aliphatic carbocycles. The molecule has 0 radical (unpaired) electrons. The molecule has 0 saturated carbocycles. The van der Waals surface area contributed by atoms with E-state index in [0.717, 1.165) is 0 Å². The number of anilines is 2. The number of fused-ring (bicyclic) bond motifs is 2. The summed E-state index contributed by atoms with van der Waals surface area (Å²) < 4.78 is 23.4. The van der Waals surface area contributed by atoms with Gasteiger partial charge in [0.05, 0.1) is 74.3 Å². The number of phenols is 2. The summed E-state index contributed by atoms with van der Waals surface area (Å²) in [6.45, 7) is 5.26. The first-order chi connectivity index (χ1) is 20.5. The van der Waals surface area contributed by atoms with Crippen molar-refractivity contribution in [2.24, 2.45) is 0 Å². The van der Waals surface area contributed by atoms with Crippen molar-refractivity contribution in [1.29, 1.82) is 0 Å². The van der Waals surface area contributed by atoms with Crippen molar-refractivity contribution in [2.75, 3.05) is 88.8 Å². The third-order valence-electron chi connectivity index (χ3n) is 7.04. The Morgan fingerprint density at radius 3 is 1.29 bits per heavy atom. The lowest BCUT2D eigenvalue weighted by Gasteiger charge is -2.27. The molecule has 0 bridgehead atoms. The number of pyridine rings is 2. The number of rotatable bonds is 2. The number of hydrogen-bond acceptors (Lipinski definition) is 10. The van der Waals surface area contributed by atoms with Crippen LogP contribution in [0.4, 0.5) is 11.4 Å². The van der Waals surface area contributed by atoms with Gasteiger partial charge in [0.1, 0.15) is 11.0 Å². The monoisotopic (exact) mass is 616 g/mol. The lowest BCUT2D eigenvalue weighted by molar-refractivity contribution is 0.0435. The van der Waals surface area contributed by atoms with E-state index in [2.05, 4.69) is 9.97 Å². The van der Waals surface area contributed by atoms with Gasteiger partial charge < -0.3 is 39.0 Å². The first-order valence-electron chi connectivity index (χ1n) is 13.9.